The van der Waals surface area contributed by atoms with E-state index in [4.69, 9.17) is 4.74 Å². The molecule has 31 heavy (non-hydrogen) atoms. The third-order valence-electron chi connectivity index (χ3n) is 6.94. The van der Waals surface area contributed by atoms with E-state index in [1.807, 2.05) is 12.1 Å². The third-order valence-corrected chi connectivity index (χ3v) is 9.64. The summed E-state index contributed by atoms with van der Waals surface area (Å²) in [6.07, 6.45) is 5.06. The Hall–Kier alpha value is -1.20. The van der Waals surface area contributed by atoms with Crippen molar-refractivity contribution in [3.05, 3.63) is 29.3 Å². The van der Waals surface area contributed by atoms with E-state index in [-0.39, 0.29) is 30.8 Å². The highest BCUT2D eigenvalue weighted by atomic mass is 32.2. The normalized spacial score (nSPS) is 27.2. The summed E-state index contributed by atoms with van der Waals surface area (Å²) >= 11 is 0. The van der Waals surface area contributed by atoms with E-state index in [1.165, 1.54) is 11.1 Å². The van der Waals surface area contributed by atoms with Gasteiger partial charge in [-0.25, -0.2) is 21.6 Å². The number of ether oxygens (including phenoxy) is 1. The average Bonchev–Trinajstić information content (AvgIpc) is 2.73. The summed E-state index contributed by atoms with van der Waals surface area (Å²) < 4.78 is 58.5. The zero-order valence-electron chi connectivity index (χ0n) is 18.3. The van der Waals surface area contributed by atoms with E-state index in [1.54, 1.807) is 11.4 Å². The van der Waals surface area contributed by atoms with Crippen molar-refractivity contribution in [3.63, 3.8) is 0 Å². The molecule has 0 bridgehead atoms. The fourth-order valence-electron chi connectivity index (χ4n) is 5.59. The summed E-state index contributed by atoms with van der Waals surface area (Å²) in [5.74, 6) is 1.24. The van der Waals surface area contributed by atoms with Crippen LogP contribution in [0.15, 0.2) is 18.2 Å². The van der Waals surface area contributed by atoms with Crippen molar-refractivity contribution in [2.45, 2.75) is 44.2 Å². The first-order chi connectivity index (χ1) is 14.7. The smallest absolute Gasteiger partial charge is 0.214 e. The predicted molar refractivity (Wildman–Crippen MR) is 120 cm³/mol. The third kappa shape index (κ3) is 4.93. The summed E-state index contributed by atoms with van der Waals surface area (Å²) in [5.41, 5.74) is 2.52. The standard InChI is InChI=1S/C21H33N3O5S2/c1-29-21-8-3-7-17-18(21)9-12-23-15-16-6-4-11-24(19(16)14-20(17)23)31(27,28)13-5-10-22-30(2,25)26/h3,7-8,16,19-20,22H,4-6,9-15H2,1-2H3/t16-,19+,20-/m0/s1. The molecule has 4 rings (SSSR count). The molecule has 3 aliphatic rings. The van der Waals surface area contributed by atoms with Crippen LogP contribution in [-0.4, -0.2) is 77.4 Å². The van der Waals surface area contributed by atoms with Crippen molar-refractivity contribution in [2.24, 2.45) is 5.92 Å². The fourth-order valence-corrected chi connectivity index (χ4v) is 7.92. The van der Waals surface area contributed by atoms with Gasteiger partial charge in [-0.2, -0.15) is 4.31 Å². The van der Waals surface area contributed by atoms with Crippen LogP contribution < -0.4 is 9.46 Å². The van der Waals surface area contributed by atoms with E-state index in [0.717, 1.165) is 50.8 Å². The number of nitrogens with zero attached hydrogens (tertiary/aromatic N) is 2. The Morgan fingerprint density at radius 1 is 1.19 bits per heavy atom. The Bertz CT molecular complexity index is 1010. The lowest BCUT2D eigenvalue weighted by atomic mass is 9.77. The number of sulfonamides is 2. The minimum Gasteiger partial charge on any atom is -0.496 e. The maximum atomic E-state index is 13.2. The van der Waals surface area contributed by atoms with Gasteiger partial charge in [-0.15, -0.1) is 0 Å². The topological polar surface area (TPSA) is 96.0 Å². The molecular formula is C21H33N3O5S2. The molecule has 174 valence electrons. The summed E-state index contributed by atoms with van der Waals surface area (Å²) in [7, 11) is -5.05. The highest BCUT2D eigenvalue weighted by Gasteiger charge is 2.45. The van der Waals surface area contributed by atoms with Crippen LogP contribution in [0, 0.1) is 5.92 Å². The van der Waals surface area contributed by atoms with Crippen molar-refractivity contribution in [2.75, 3.05) is 45.3 Å². The molecule has 3 aliphatic heterocycles. The van der Waals surface area contributed by atoms with Gasteiger partial charge in [-0.1, -0.05) is 12.1 Å². The minimum absolute atomic E-state index is 0.0000167. The summed E-state index contributed by atoms with van der Waals surface area (Å²) in [6.45, 7) is 2.60. The first kappa shape index (κ1) is 23.0. The van der Waals surface area contributed by atoms with Crippen LogP contribution in [0.1, 0.15) is 42.9 Å². The fraction of sp³-hybridized carbons (Fsp3) is 0.714. The lowest BCUT2D eigenvalue weighted by Gasteiger charge is -2.51. The van der Waals surface area contributed by atoms with Crippen molar-refractivity contribution in [1.82, 2.24) is 13.9 Å². The second-order valence-electron chi connectivity index (χ2n) is 8.94. The molecule has 2 fully saturated rings. The van der Waals surface area contributed by atoms with E-state index in [2.05, 4.69) is 15.7 Å². The SMILES string of the molecule is COc1cccc2c1CCN1C[C@@H]3CCCN(S(=O)(=O)CCCNS(C)(=O)=O)[C@@H]3C[C@@H]21. The van der Waals surface area contributed by atoms with Gasteiger partial charge >= 0.3 is 0 Å². The molecule has 0 amide bonds. The molecule has 3 heterocycles. The average molecular weight is 472 g/mol. The molecule has 1 aromatic rings. The molecule has 0 unspecified atom stereocenters. The molecular weight excluding hydrogens is 438 g/mol. The summed E-state index contributed by atoms with van der Waals surface area (Å²) in [6, 6.07) is 6.40. The second-order valence-corrected chi connectivity index (χ2v) is 12.8. The van der Waals surface area contributed by atoms with Gasteiger partial charge in [0, 0.05) is 43.8 Å². The van der Waals surface area contributed by atoms with Crippen LogP contribution in [0.2, 0.25) is 0 Å². The van der Waals surface area contributed by atoms with E-state index in [0.29, 0.717) is 12.5 Å². The molecule has 3 atom stereocenters. The maximum absolute atomic E-state index is 13.2. The molecule has 0 spiro atoms. The Morgan fingerprint density at radius 2 is 2.00 bits per heavy atom. The van der Waals surface area contributed by atoms with Gasteiger partial charge in [0.15, 0.2) is 0 Å². The van der Waals surface area contributed by atoms with E-state index >= 15 is 0 Å². The summed E-state index contributed by atoms with van der Waals surface area (Å²) in [4.78, 5) is 2.52. The van der Waals surface area contributed by atoms with Gasteiger partial charge in [0.25, 0.3) is 0 Å². The zero-order chi connectivity index (χ0) is 22.2. The highest BCUT2D eigenvalue weighted by Crippen LogP contribution is 2.45. The van der Waals surface area contributed by atoms with Crippen molar-refractivity contribution in [3.8, 4) is 5.75 Å². The molecule has 10 heteroatoms. The highest BCUT2D eigenvalue weighted by molar-refractivity contribution is 7.89. The number of nitrogens with one attached hydrogen (secondary N) is 1. The Labute approximate surface area is 186 Å². The van der Waals surface area contributed by atoms with Gasteiger partial charge in [0.1, 0.15) is 5.75 Å². The van der Waals surface area contributed by atoms with Gasteiger partial charge in [0.05, 0.1) is 19.1 Å². The van der Waals surface area contributed by atoms with Crippen LogP contribution in [0.3, 0.4) is 0 Å². The van der Waals surface area contributed by atoms with Crippen LogP contribution in [0.4, 0.5) is 0 Å². The Kier molecular flexibility index (Phi) is 6.65. The largest absolute Gasteiger partial charge is 0.496 e. The monoisotopic (exact) mass is 471 g/mol. The lowest BCUT2D eigenvalue weighted by molar-refractivity contribution is 0.0217. The summed E-state index contributed by atoms with van der Waals surface area (Å²) in [5, 5.41) is 0. The second kappa shape index (κ2) is 8.97. The number of fused-ring (bicyclic) bond motifs is 4. The lowest BCUT2D eigenvalue weighted by Crippen LogP contribution is -2.57. The quantitative estimate of drug-likeness (QED) is 0.603. The molecule has 1 N–H and O–H groups in total. The van der Waals surface area contributed by atoms with Crippen LogP contribution in [0.5, 0.6) is 5.75 Å². The molecule has 2 saturated heterocycles. The molecule has 0 aromatic heterocycles. The van der Waals surface area contributed by atoms with Gasteiger partial charge in [-0.3, -0.25) is 4.90 Å². The number of benzene rings is 1. The molecule has 8 nitrogen and oxygen atoms in total. The zero-order valence-corrected chi connectivity index (χ0v) is 19.9. The number of piperidine rings is 2. The number of hydrogen-bond acceptors (Lipinski definition) is 6. The predicted octanol–water partition coefficient (Wildman–Crippen LogP) is 1.35. The number of hydrogen-bond donors (Lipinski definition) is 1. The maximum Gasteiger partial charge on any atom is 0.214 e. The van der Waals surface area contributed by atoms with Gasteiger partial charge < -0.3 is 4.74 Å². The van der Waals surface area contributed by atoms with Crippen LogP contribution in [0.25, 0.3) is 0 Å². The molecule has 0 aliphatic carbocycles. The Balaban J connectivity index is 1.51. The first-order valence-corrected chi connectivity index (χ1v) is 14.5. The Morgan fingerprint density at radius 3 is 2.74 bits per heavy atom. The van der Waals surface area contributed by atoms with Gasteiger partial charge in [-0.05, 0) is 49.7 Å². The molecule has 0 saturated carbocycles. The number of rotatable bonds is 7. The van der Waals surface area contributed by atoms with Crippen LogP contribution >= 0.6 is 0 Å². The van der Waals surface area contributed by atoms with E-state index < -0.39 is 20.0 Å². The molecule has 1 aromatic carbocycles. The van der Waals surface area contributed by atoms with E-state index in [9.17, 15) is 16.8 Å². The van der Waals surface area contributed by atoms with Crippen molar-refractivity contribution in [1.29, 1.82) is 0 Å². The van der Waals surface area contributed by atoms with Crippen molar-refractivity contribution < 1.29 is 21.6 Å². The van der Waals surface area contributed by atoms with Crippen LogP contribution in [-0.2, 0) is 26.5 Å². The molecule has 0 radical (unpaired) electrons. The number of methoxy groups -OCH3 is 1. The van der Waals surface area contributed by atoms with Gasteiger partial charge in [0.2, 0.25) is 20.0 Å². The van der Waals surface area contributed by atoms with Crippen molar-refractivity contribution >= 4 is 20.0 Å². The first-order valence-electron chi connectivity index (χ1n) is 11.0. The minimum atomic E-state index is -3.44.